The van der Waals surface area contributed by atoms with E-state index in [1.807, 2.05) is 0 Å². The summed E-state index contributed by atoms with van der Waals surface area (Å²) in [6.45, 7) is 0. The Kier molecular flexibility index (Phi) is 11.5. The highest BCUT2D eigenvalue weighted by Crippen LogP contribution is 2.66. The highest BCUT2D eigenvalue weighted by molar-refractivity contribution is 5.17. The molecule has 0 aliphatic rings. The molecule has 0 fully saturated rings. The van der Waals surface area contributed by atoms with E-state index in [4.69, 9.17) is 5.11 Å². The van der Waals surface area contributed by atoms with Crippen molar-refractivity contribution in [3.8, 4) is 0 Å². The average molecular weight is 850 g/mol. The van der Waals surface area contributed by atoms with Gasteiger partial charge in [-0.1, -0.05) is 0 Å². The van der Waals surface area contributed by atoms with Crippen molar-refractivity contribution in [1.82, 2.24) is 0 Å². The van der Waals surface area contributed by atoms with Crippen LogP contribution in [-0.2, 0) is 9.47 Å². The first-order valence-corrected chi connectivity index (χ1v) is 10.4. The molecule has 3 nitrogen and oxygen atoms in total. The van der Waals surface area contributed by atoms with Crippen LogP contribution >= 0.6 is 0 Å². The van der Waals surface area contributed by atoms with Crippen LogP contribution in [0.5, 0.6) is 0 Å². The maximum atomic E-state index is 13.7. The second-order valence-corrected chi connectivity index (χ2v) is 8.90. The monoisotopic (exact) mass is 850 g/mol. The fourth-order valence-electron chi connectivity index (χ4n) is 2.46. The quantitative estimate of drug-likeness (QED) is 0.157. The summed E-state index contributed by atoms with van der Waals surface area (Å²) >= 11 is 0. The third kappa shape index (κ3) is 6.49. The lowest BCUT2D eigenvalue weighted by atomic mass is 9.87. The normalized spacial score (nSPS) is 17.6. The van der Waals surface area contributed by atoms with Crippen LogP contribution in [0.2, 0.25) is 0 Å². The maximum Gasteiger partial charge on any atom is 0.460 e. The summed E-state index contributed by atoms with van der Waals surface area (Å²) in [4.78, 5) is 0. The van der Waals surface area contributed by atoms with Crippen LogP contribution in [0.1, 0.15) is 0 Å². The van der Waals surface area contributed by atoms with Crippen LogP contribution < -0.4 is 0 Å². The molecule has 1 N–H and O–H groups in total. The highest BCUT2D eigenvalue weighted by Gasteiger charge is 2.97. The third-order valence-electron chi connectivity index (χ3n) is 5.42. The summed E-state index contributed by atoms with van der Waals surface area (Å²) in [6, 6.07) is 0. The van der Waals surface area contributed by atoms with Gasteiger partial charge >= 0.3 is 89.8 Å². The molecule has 0 saturated heterocycles. The minimum atomic E-state index is -9.80. The SMILES string of the molecule is OC(F)C(F)(F)C(F)(F)C(F)(F)C(F)(F)C(F)(F)C(F)(F)C(F)(F)C(F)(F)C(F)(F)OC(F)(F)C(F)(F)OC(F)(F)C(F)(F)C(F)(F)C(F)(F)F. The van der Waals surface area contributed by atoms with Crippen molar-refractivity contribution in [2.75, 3.05) is 0 Å². The molecule has 308 valence electrons. The van der Waals surface area contributed by atoms with Gasteiger partial charge in [0.15, 0.2) is 0 Å². The molecular weight excluding hydrogens is 848 g/mol. The molecule has 0 saturated carbocycles. The van der Waals surface area contributed by atoms with E-state index < -0.39 is 96.2 Å². The van der Waals surface area contributed by atoms with Crippen molar-refractivity contribution in [3.05, 3.63) is 0 Å². The Bertz CT molecular complexity index is 1240. The molecule has 0 aliphatic carbocycles. The van der Waals surface area contributed by atoms with Crippen LogP contribution in [0, 0.1) is 0 Å². The first-order valence-electron chi connectivity index (χ1n) is 10.4. The summed E-state index contributed by atoms with van der Waals surface area (Å²) in [6.07, 6.45) is -49.1. The molecule has 0 aromatic rings. The Labute approximate surface area is 253 Å². The lowest BCUT2D eigenvalue weighted by Gasteiger charge is -2.44. The number of hydrogen-bond acceptors (Lipinski definition) is 3. The van der Waals surface area contributed by atoms with Crippen LogP contribution in [0.3, 0.4) is 0 Å². The van der Waals surface area contributed by atoms with E-state index in [1.54, 1.807) is 0 Å². The lowest BCUT2D eigenvalue weighted by molar-refractivity contribution is -0.560. The Hall–Kier alpha value is -2.36. The first kappa shape index (κ1) is 48.6. The van der Waals surface area contributed by atoms with Crippen LogP contribution in [-0.4, -0.2) is 101 Å². The lowest BCUT2D eigenvalue weighted by Crippen LogP contribution is -2.76. The number of hydrogen-bond donors (Lipinski definition) is 1. The van der Waals surface area contributed by atoms with Gasteiger partial charge in [-0.2, -0.15) is 136 Å². The molecule has 0 rings (SSSR count). The van der Waals surface area contributed by atoms with Gasteiger partial charge in [0.1, 0.15) is 0 Å². The van der Waals surface area contributed by atoms with Gasteiger partial charge in [-0.15, -0.1) is 0 Å². The van der Waals surface area contributed by atoms with Crippen molar-refractivity contribution in [2.24, 2.45) is 0 Å². The van der Waals surface area contributed by atoms with Gasteiger partial charge in [0.25, 0.3) is 6.36 Å². The molecule has 0 radical (unpaired) electrons. The van der Waals surface area contributed by atoms with Gasteiger partial charge in [0, 0.05) is 0 Å². The van der Waals surface area contributed by atoms with Gasteiger partial charge in [-0.3, -0.25) is 0 Å². The molecule has 35 heteroatoms. The van der Waals surface area contributed by atoms with Crippen LogP contribution in [0.25, 0.3) is 0 Å². The molecule has 0 amide bonds. The van der Waals surface area contributed by atoms with Gasteiger partial charge in [0.2, 0.25) is 0 Å². The summed E-state index contributed by atoms with van der Waals surface area (Å²) in [5.74, 6) is -91.4. The second-order valence-electron chi connectivity index (χ2n) is 8.90. The van der Waals surface area contributed by atoms with E-state index in [-0.39, 0.29) is 0 Å². The number of halogens is 32. The van der Waals surface area contributed by atoms with Gasteiger partial charge in [-0.25, -0.2) is 13.9 Å². The zero-order valence-corrected chi connectivity index (χ0v) is 21.4. The number of rotatable bonds is 16. The molecule has 51 heavy (non-hydrogen) atoms. The molecule has 0 heterocycles. The van der Waals surface area contributed by atoms with Gasteiger partial charge in [-0.05, 0) is 0 Å². The van der Waals surface area contributed by atoms with Crippen molar-refractivity contribution in [1.29, 1.82) is 0 Å². The molecule has 0 bridgehead atoms. The smallest absolute Gasteiger partial charge is 0.359 e. The van der Waals surface area contributed by atoms with E-state index >= 15 is 0 Å². The van der Waals surface area contributed by atoms with E-state index in [0.29, 0.717) is 4.74 Å². The number of alkyl halides is 32. The van der Waals surface area contributed by atoms with Crippen molar-refractivity contribution in [3.63, 3.8) is 0 Å². The Morgan fingerprint density at radius 1 is 0.275 bits per heavy atom. The van der Waals surface area contributed by atoms with E-state index in [2.05, 4.69) is 0 Å². The van der Waals surface area contributed by atoms with Crippen LogP contribution in [0.15, 0.2) is 0 Å². The summed E-state index contributed by atoms with van der Waals surface area (Å²) in [5.41, 5.74) is 0. The van der Waals surface area contributed by atoms with Crippen molar-refractivity contribution < 1.29 is 155 Å². The zero-order chi connectivity index (χ0) is 42.5. The Balaban J connectivity index is 7.13. The van der Waals surface area contributed by atoms with Gasteiger partial charge in [0.05, 0.1) is 0 Å². The Morgan fingerprint density at radius 2 is 0.471 bits per heavy atom. The largest absolute Gasteiger partial charge is 0.460 e. The number of ether oxygens (including phenoxy) is 2. The number of aliphatic hydroxyl groups excluding tert-OH is 1. The fraction of sp³-hybridized carbons (Fsp3) is 1.00. The van der Waals surface area contributed by atoms with Crippen molar-refractivity contribution >= 4 is 0 Å². The first-order chi connectivity index (χ1) is 21.4. The average Bonchev–Trinajstić information content (AvgIpc) is 2.85. The zero-order valence-electron chi connectivity index (χ0n) is 21.4. The predicted octanol–water partition coefficient (Wildman–Crippen LogP) is 9.59. The van der Waals surface area contributed by atoms with Crippen molar-refractivity contribution in [2.45, 2.75) is 96.2 Å². The fourth-order valence-corrected chi connectivity index (χ4v) is 2.46. The molecule has 1 atom stereocenters. The minimum Gasteiger partial charge on any atom is -0.359 e. The van der Waals surface area contributed by atoms with E-state index in [9.17, 15) is 140 Å². The number of aliphatic hydroxyl groups is 1. The topological polar surface area (TPSA) is 38.7 Å². The summed E-state index contributed by atoms with van der Waals surface area (Å²) < 4.78 is 422. The highest BCUT2D eigenvalue weighted by atomic mass is 19.4. The predicted molar refractivity (Wildman–Crippen MR) is 84.6 cm³/mol. The third-order valence-corrected chi connectivity index (χ3v) is 5.42. The Morgan fingerprint density at radius 3 is 0.686 bits per heavy atom. The molecule has 0 aliphatic heterocycles. The van der Waals surface area contributed by atoms with E-state index in [0.717, 1.165) is 4.74 Å². The second kappa shape index (κ2) is 12.1. The molecule has 0 aromatic heterocycles. The van der Waals surface area contributed by atoms with Gasteiger partial charge < -0.3 is 5.11 Å². The summed E-state index contributed by atoms with van der Waals surface area (Å²) in [5, 5.41) is 7.65. The standard InChI is InChI=1S/C16H2F32O3/c17-1(49)2(18,19)3(20,21)4(22,23)5(24,25)6(26,27)7(28,29)8(30,31)10(34,35)13(41,42)50-15(45,46)16(47,48)51-14(43,44)11(36,37)9(32,33)12(38,39)40/h1,49H. The summed E-state index contributed by atoms with van der Waals surface area (Å²) in [7, 11) is 0. The molecular formula is C16H2F32O3. The molecule has 0 spiro atoms. The minimum absolute atomic E-state index is 0.677. The van der Waals surface area contributed by atoms with E-state index in [1.165, 1.54) is 0 Å². The molecule has 1 unspecified atom stereocenters. The van der Waals surface area contributed by atoms with Crippen LogP contribution in [0.4, 0.5) is 140 Å². The molecule has 0 aromatic carbocycles. The maximum absolute atomic E-state index is 13.7.